The third-order valence-corrected chi connectivity index (χ3v) is 12.6. The highest BCUT2D eigenvalue weighted by Gasteiger charge is 2.54. The number of aromatic hydroxyl groups is 2. The van der Waals surface area contributed by atoms with Crippen LogP contribution < -0.4 is 26.9 Å². The standard InChI is InChI=1S/C35H37ClN8O13S2/c1-2-42-11-16(27(48)22-18(42)9-19(45)28(49)23(22)36)29(50)38-5-8-44(6-3-4-7-44)12-15-13-58-32-25(31(52)43(32)26(15)34(55)56)40-30(51)24(17-14-59-35(37)39-17)41-57-20(33(53)54)10-21(46)47/h9,11,14,20,25,32H,2-8,10,12-13H2,1H3,(H8-,37,38,39,40,41,45,46,47,48,49,50,51,53,54,55,56)/t20-,25+,32+/m0/s1. The lowest BCUT2D eigenvalue weighted by Gasteiger charge is -2.51. The van der Waals surface area contributed by atoms with Crippen molar-refractivity contribution >= 4 is 92.1 Å². The molecule has 59 heavy (non-hydrogen) atoms. The number of likely N-dealkylation sites (tertiary alicyclic amines) is 1. The van der Waals surface area contributed by atoms with Crippen LogP contribution in [-0.4, -0.2) is 137 Å². The van der Waals surface area contributed by atoms with Crippen LogP contribution >= 0.6 is 34.7 Å². The summed E-state index contributed by atoms with van der Waals surface area (Å²) in [5.74, 6) is -8.41. The number of carbonyl (C=O) groups excluding carboxylic acids is 4. The topological polar surface area (TPSA) is 316 Å². The molecule has 0 saturated carbocycles. The fraction of sp³-hybridized carbons (Fsp3) is 0.400. The number of halogens is 1. The Morgan fingerprint density at radius 3 is 2.51 bits per heavy atom. The molecule has 0 aliphatic carbocycles. The van der Waals surface area contributed by atoms with Gasteiger partial charge in [-0.1, -0.05) is 16.8 Å². The van der Waals surface area contributed by atoms with E-state index in [1.807, 2.05) is 0 Å². The van der Waals surface area contributed by atoms with Gasteiger partial charge in [-0.05, 0) is 6.92 Å². The van der Waals surface area contributed by atoms with Gasteiger partial charge < -0.3 is 60.6 Å². The number of thioether (sulfide) groups is 1. The Hall–Kier alpha value is -5.91. The quantitative estimate of drug-likeness (QED) is 0.0305. The maximum atomic E-state index is 13.6. The Labute approximate surface area is 346 Å². The van der Waals surface area contributed by atoms with Crippen molar-refractivity contribution in [2.45, 2.75) is 50.3 Å². The number of carboxylic acids is 3. The zero-order valence-corrected chi connectivity index (χ0v) is 33.4. The highest BCUT2D eigenvalue weighted by Crippen LogP contribution is 2.42. The molecule has 24 heteroatoms. The summed E-state index contributed by atoms with van der Waals surface area (Å²) in [7, 11) is 0. The molecule has 5 heterocycles. The molecule has 3 amide bonds. The second kappa shape index (κ2) is 17.1. The Balaban J connectivity index is 1.17. The van der Waals surface area contributed by atoms with Crippen molar-refractivity contribution in [3.05, 3.63) is 55.4 Å². The summed E-state index contributed by atoms with van der Waals surface area (Å²) in [5.41, 5.74) is 4.24. The van der Waals surface area contributed by atoms with E-state index >= 15 is 0 Å². The van der Waals surface area contributed by atoms with E-state index in [-0.39, 0.29) is 51.8 Å². The molecule has 1 aromatic carbocycles. The van der Waals surface area contributed by atoms with E-state index < -0.39 is 87.2 Å². The average Bonchev–Trinajstić information content (AvgIpc) is 3.83. The van der Waals surface area contributed by atoms with E-state index in [9.17, 15) is 54.0 Å². The third kappa shape index (κ3) is 8.49. The summed E-state index contributed by atoms with van der Waals surface area (Å²) >= 11 is 8.32. The molecule has 3 aliphatic rings. The Kier molecular flexibility index (Phi) is 12.4. The molecule has 0 unspecified atom stereocenters. The maximum Gasteiger partial charge on any atom is 0.348 e. The van der Waals surface area contributed by atoms with Crippen LogP contribution in [0.1, 0.15) is 42.2 Å². The largest absolute Gasteiger partial charge is 0.543 e. The molecule has 2 aromatic heterocycles. The SMILES string of the molecule is CCn1cc(C(=O)NCC[N+]2(CC3=C(C(=O)[O-])N4C(=O)[C@@H](NC(=O)/C(=N\O[C@@H](CC(=O)O)C(=O)O)c5csc(N)n5)[C@H]4SC3)CCCC2)c(=O)c2c(Cl)c(O)c(O)cc21. The van der Waals surface area contributed by atoms with E-state index in [4.69, 9.17) is 27.3 Å². The number of nitrogen functional groups attached to an aromatic ring is 1. The predicted molar refractivity (Wildman–Crippen MR) is 208 cm³/mol. The van der Waals surface area contributed by atoms with Gasteiger partial charge in [0.25, 0.3) is 17.7 Å². The van der Waals surface area contributed by atoms with Crippen molar-refractivity contribution in [2.75, 3.05) is 44.2 Å². The normalized spacial score (nSPS) is 19.2. The number of hydrogen-bond acceptors (Lipinski definition) is 16. The second-order valence-corrected chi connectivity index (χ2v) is 16.3. The summed E-state index contributed by atoms with van der Waals surface area (Å²) in [5, 5.41) is 59.9. The van der Waals surface area contributed by atoms with Gasteiger partial charge in [0.05, 0.1) is 60.2 Å². The van der Waals surface area contributed by atoms with E-state index in [1.54, 1.807) is 11.5 Å². The van der Waals surface area contributed by atoms with Gasteiger partial charge in [-0.2, -0.15) is 0 Å². The number of aliphatic carboxylic acids is 3. The first kappa shape index (κ1) is 42.7. The van der Waals surface area contributed by atoms with Crippen molar-refractivity contribution in [1.82, 2.24) is 25.1 Å². The fourth-order valence-corrected chi connectivity index (χ4v) is 9.48. The van der Waals surface area contributed by atoms with Crippen molar-refractivity contribution in [3.8, 4) is 11.5 Å². The number of carbonyl (C=O) groups is 6. The van der Waals surface area contributed by atoms with Crippen molar-refractivity contribution in [3.63, 3.8) is 0 Å². The molecule has 0 bridgehead atoms. The molecule has 2 saturated heterocycles. The number of hydrogen-bond donors (Lipinski definition) is 7. The number of phenols is 2. The monoisotopic (exact) mass is 876 g/mol. The number of phenolic OH excluding ortho intramolecular Hbond substituents is 2. The molecule has 8 N–H and O–H groups in total. The number of aryl methyl sites for hydroxylation is 1. The molecule has 21 nitrogen and oxygen atoms in total. The van der Waals surface area contributed by atoms with Gasteiger partial charge in [0.2, 0.25) is 11.5 Å². The van der Waals surface area contributed by atoms with Crippen LogP contribution in [-0.2, 0) is 35.4 Å². The number of benzene rings is 1. The minimum absolute atomic E-state index is 0.00707. The summed E-state index contributed by atoms with van der Waals surface area (Å²) in [6.45, 7) is 3.91. The molecule has 2 fully saturated rings. The number of rotatable bonds is 16. The molecular formula is C35H37ClN8O13S2. The summed E-state index contributed by atoms with van der Waals surface area (Å²) < 4.78 is 1.89. The number of carboxylic acid groups (broad SMARTS) is 3. The lowest BCUT2D eigenvalue weighted by molar-refractivity contribution is -0.911. The van der Waals surface area contributed by atoms with Gasteiger partial charge in [-0.15, -0.1) is 23.1 Å². The molecule has 3 aliphatic heterocycles. The predicted octanol–water partition coefficient (Wildman–Crippen LogP) is -0.782. The number of anilines is 1. The van der Waals surface area contributed by atoms with Crippen molar-refractivity contribution in [2.24, 2.45) is 5.16 Å². The van der Waals surface area contributed by atoms with Crippen LogP contribution in [0.3, 0.4) is 0 Å². The van der Waals surface area contributed by atoms with Gasteiger partial charge in [0.1, 0.15) is 29.2 Å². The zero-order valence-electron chi connectivity index (χ0n) is 31.0. The minimum atomic E-state index is -1.97. The lowest BCUT2D eigenvalue weighted by atomic mass is 10.0. The van der Waals surface area contributed by atoms with Crippen LogP contribution in [0.25, 0.3) is 10.9 Å². The average molecular weight is 877 g/mol. The van der Waals surface area contributed by atoms with Crippen molar-refractivity contribution < 1.29 is 63.6 Å². The Morgan fingerprint density at radius 1 is 1.19 bits per heavy atom. The Morgan fingerprint density at radius 2 is 1.90 bits per heavy atom. The lowest BCUT2D eigenvalue weighted by Crippen LogP contribution is -2.72. The number of fused-ring (bicyclic) bond motifs is 2. The number of nitrogens with zero attached hydrogens (tertiary/aromatic N) is 5. The molecule has 3 aromatic rings. The first-order valence-corrected chi connectivity index (χ1v) is 20.3. The number of oxime groups is 1. The fourth-order valence-electron chi connectivity index (χ4n) is 7.32. The summed E-state index contributed by atoms with van der Waals surface area (Å²) in [6.07, 6.45) is -0.00987. The molecule has 0 radical (unpaired) electrons. The van der Waals surface area contributed by atoms with Crippen LogP contribution in [0.2, 0.25) is 5.02 Å². The van der Waals surface area contributed by atoms with Gasteiger partial charge >= 0.3 is 11.9 Å². The van der Waals surface area contributed by atoms with Crippen molar-refractivity contribution in [1.29, 1.82) is 0 Å². The van der Waals surface area contributed by atoms with Gasteiger partial charge in [-0.3, -0.25) is 28.9 Å². The zero-order chi connectivity index (χ0) is 42.9. The van der Waals surface area contributed by atoms with Crippen LogP contribution in [0.15, 0.2) is 38.9 Å². The van der Waals surface area contributed by atoms with E-state index in [0.29, 0.717) is 36.2 Å². The van der Waals surface area contributed by atoms with Crippen LogP contribution in [0, 0.1) is 0 Å². The highest BCUT2D eigenvalue weighted by molar-refractivity contribution is 8.00. The molecule has 0 spiro atoms. The van der Waals surface area contributed by atoms with Crippen LogP contribution in [0.5, 0.6) is 11.5 Å². The number of β-lactam (4-membered cyclic amide) rings is 1. The molecule has 314 valence electrons. The van der Waals surface area contributed by atoms with Crippen LogP contribution in [0.4, 0.5) is 5.13 Å². The van der Waals surface area contributed by atoms with E-state index in [2.05, 4.69) is 20.8 Å². The molecular weight excluding hydrogens is 840 g/mol. The number of aromatic nitrogens is 2. The number of nitrogens with one attached hydrogen (secondary N) is 2. The number of nitrogens with two attached hydrogens (primary N) is 1. The number of quaternary nitrogens is 1. The first-order valence-electron chi connectivity index (χ1n) is 18.0. The number of pyridine rings is 1. The Bertz CT molecular complexity index is 2390. The summed E-state index contributed by atoms with van der Waals surface area (Å²) in [6, 6.07) is -0.0769. The molecule has 6 rings (SSSR count). The van der Waals surface area contributed by atoms with E-state index in [0.717, 1.165) is 29.1 Å². The second-order valence-electron chi connectivity index (χ2n) is 13.9. The van der Waals surface area contributed by atoms with Gasteiger partial charge in [0, 0.05) is 48.4 Å². The smallest absolute Gasteiger partial charge is 0.348 e. The third-order valence-electron chi connectivity index (χ3n) is 10.2. The minimum Gasteiger partial charge on any atom is -0.543 e. The maximum absolute atomic E-state index is 13.6. The van der Waals surface area contributed by atoms with E-state index in [1.165, 1.54) is 29.4 Å². The first-order chi connectivity index (χ1) is 28.0. The summed E-state index contributed by atoms with van der Waals surface area (Å²) in [4.78, 5) is 99.0. The highest BCUT2D eigenvalue weighted by atomic mass is 35.5. The molecule has 3 atom stereocenters. The van der Waals surface area contributed by atoms with Gasteiger partial charge in [0.15, 0.2) is 22.3 Å². The number of amides is 3. The number of thiazole rings is 1. The van der Waals surface area contributed by atoms with Gasteiger partial charge in [-0.25, -0.2) is 9.78 Å².